The Hall–Kier alpha value is -2.93. The van der Waals surface area contributed by atoms with Crippen LogP contribution in [0.15, 0.2) is 40.9 Å². The van der Waals surface area contributed by atoms with Crippen molar-refractivity contribution in [3.63, 3.8) is 0 Å². The van der Waals surface area contributed by atoms with Gasteiger partial charge in [0, 0.05) is 11.6 Å². The van der Waals surface area contributed by atoms with Crippen LogP contribution in [0.4, 0.5) is 0 Å². The highest BCUT2D eigenvalue weighted by Crippen LogP contribution is 2.36. The van der Waals surface area contributed by atoms with Gasteiger partial charge in [-0.05, 0) is 37.6 Å². The molecule has 0 saturated carbocycles. The molecule has 4 rings (SSSR count). The molecule has 0 amide bonds. The van der Waals surface area contributed by atoms with Gasteiger partial charge in [-0.1, -0.05) is 23.4 Å². The number of fused-ring (bicyclic) bond motifs is 1. The largest absolute Gasteiger partial charge is 0.437 e. The van der Waals surface area contributed by atoms with Gasteiger partial charge in [0.15, 0.2) is 5.65 Å². The first-order chi connectivity index (χ1) is 11.6. The molecule has 0 N–H and O–H groups in total. The third-order valence-electron chi connectivity index (χ3n) is 3.60. The zero-order valence-corrected chi connectivity index (χ0v) is 13.7. The minimum atomic E-state index is 0.175. The maximum Gasteiger partial charge on any atom is 0.246 e. The van der Waals surface area contributed by atoms with Crippen LogP contribution in [0, 0.1) is 13.8 Å². The fourth-order valence-corrected chi connectivity index (χ4v) is 2.70. The highest BCUT2D eigenvalue weighted by molar-refractivity contribution is 6.28. The molecule has 0 aliphatic heterocycles. The number of para-hydroxylation sites is 1. The van der Waals surface area contributed by atoms with E-state index in [2.05, 4.69) is 20.5 Å². The van der Waals surface area contributed by atoms with E-state index < -0.39 is 0 Å². The Balaban J connectivity index is 1.78. The number of nitrogens with zero attached hydrogens (tertiary/aromatic N) is 5. The van der Waals surface area contributed by atoms with Gasteiger partial charge in [0.1, 0.15) is 11.5 Å². The van der Waals surface area contributed by atoms with Crippen LogP contribution in [0.5, 0.6) is 11.6 Å². The first-order valence-corrected chi connectivity index (χ1v) is 7.59. The Morgan fingerprint density at radius 2 is 1.92 bits per heavy atom. The summed E-state index contributed by atoms with van der Waals surface area (Å²) in [5.41, 5.74) is 3.14. The van der Waals surface area contributed by atoms with Gasteiger partial charge in [-0.25, -0.2) is 0 Å². The normalized spacial score (nSPS) is 11.1. The van der Waals surface area contributed by atoms with E-state index in [1.807, 2.05) is 38.1 Å². The Labute approximate surface area is 141 Å². The molecule has 120 valence electrons. The average Bonchev–Trinajstić information content (AvgIpc) is 3.11. The van der Waals surface area contributed by atoms with Gasteiger partial charge >= 0.3 is 0 Å². The second-order valence-corrected chi connectivity index (χ2v) is 5.55. The summed E-state index contributed by atoms with van der Waals surface area (Å²) in [4.78, 5) is 0. The lowest BCUT2D eigenvalue weighted by molar-refractivity contribution is 0.393. The molecule has 1 aromatic carbocycles. The maximum absolute atomic E-state index is 5.96. The second-order valence-electron chi connectivity index (χ2n) is 5.21. The number of halogens is 1. The minimum absolute atomic E-state index is 0.175. The van der Waals surface area contributed by atoms with Crippen molar-refractivity contribution in [3.05, 3.63) is 53.1 Å². The number of ether oxygens (including phenoxy) is 1. The fraction of sp³-hybridized carbons (Fsp3) is 0.125. The Kier molecular flexibility index (Phi) is 3.42. The molecular formula is C16H12ClN5O2. The van der Waals surface area contributed by atoms with Crippen molar-refractivity contribution in [1.29, 1.82) is 0 Å². The third kappa shape index (κ3) is 2.39. The highest BCUT2D eigenvalue weighted by Gasteiger charge is 2.16. The molecule has 0 unspecified atom stereocenters. The highest BCUT2D eigenvalue weighted by atomic mass is 35.5. The summed E-state index contributed by atoms with van der Waals surface area (Å²) in [6.07, 6.45) is 0. The van der Waals surface area contributed by atoms with Crippen molar-refractivity contribution in [2.45, 2.75) is 13.8 Å². The van der Waals surface area contributed by atoms with Gasteiger partial charge in [-0.15, -0.1) is 15.3 Å². The molecule has 8 heteroatoms. The smallest absolute Gasteiger partial charge is 0.246 e. The Bertz CT molecular complexity index is 1020. The lowest BCUT2D eigenvalue weighted by Gasteiger charge is -2.10. The number of hydrogen-bond donors (Lipinski definition) is 0. The Morgan fingerprint density at radius 1 is 1.08 bits per heavy atom. The van der Waals surface area contributed by atoms with E-state index in [1.54, 1.807) is 12.1 Å². The van der Waals surface area contributed by atoms with Crippen molar-refractivity contribution in [3.8, 4) is 22.8 Å². The zero-order valence-electron chi connectivity index (χ0n) is 12.9. The first-order valence-electron chi connectivity index (χ1n) is 7.21. The van der Waals surface area contributed by atoms with E-state index in [4.69, 9.17) is 20.9 Å². The van der Waals surface area contributed by atoms with Crippen LogP contribution in [0.3, 0.4) is 0 Å². The molecule has 0 radical (unpaired) electrons. The van der Waals surface area contributed by atoms with Crippen molar-refractivity contribution >= 4 is 17.2 Å². The lowest BCUT2D eigenvalue weighted by atomic mass is 10.0. The van der Waals surface area contributed by atoms with Crippen LogP contribution < -0.4 is 4.74 Å². The van der Waals surface area contributed by atoms with E-state index in [-0.39, 0.29) is 5.28 Å². The molecule has 0 fully saturated rings. The van der Waals surface area contributed by atoms with Crippen molar-refractivity contribution in [1.82, 2.24) is 25.0 Å². The average molecular weight is 342 g/mol. The molecular weight excluding hydrogens is 330 g/mol. The van der Waals surface area contributed by atoms with Gasteiger partial charge < -0.3 is 9.26 Å². The molecule has 0 atom stereocenters. The summed E-state index contributed by atoms with van der Waals surface area (Å²) >= 11 is 5.95. The summed E-state index contributed by atoms with van der Waals surface area (Å²) in [6.45, 7) is 3.76. The Morgan fingerprint density at radius 3 is 2.71 bits per heavy atom. The van der Waals surface area contributed by atoms with Gasteiger partial charge in [-0.3, -0.25) is 0 Å². The summed E-state index contributed by atoms with van der Waals surface area (Å²) in [5, 5.41) is 16.1. The van der Waals surface area contributed by atoms with Crippen LogP contribution in [-0.4, -0.2) is 25.0 Å². The van der Waals surface area contributed by atoms with Crippen LogP contribution in [0.1, 0.15) is 11.5 Å². The molecule has 24 heavy (non-hydrogen) atoms. The fourth-order valence-electron chi connectivity index (χ4n) is 2.54. The molecule has 0 spiro atoms. The van der Waals surface area contributed by atoms with Gasteiger partial charge in [0.05, 0.1) is 11.3 Å². The van der Waals surface area contributed by atoms with E-state index in [1.165, 1.54) is 4.52 Å². The number of aryl methyl sites for hydroxylation is 2. The van der Waals surface area contributed by atoms with Gasteiger partial charge in [0.2, 0.25) is 11.2 Å². The monoisotopic (exact) mass is 341 g/mol. The molecule has 3 aromatic heterocycles. The van der Waals surface area contributed by atoms with Gasteiger partial charge in [0.25, 0.3) is 0 Å². The predicted molar refractivity (Wildman–Crippen MR) is 87.3 cm³/mol. The van der Waals surface area contributed by atoms with Crippen LogP contribution >= 0.6 is 11.6 Å². The van der Waals surface area contributed by atoms with E-state index in [9.17, 15) is 0 Å². The lowest BCUT2D eigenvalue weighted by Crippen LogP contribution is -1.97. The number of aromatic nitrogens is 5. The molecule has 3 heterocycles. The number of hydrogen-bond acceptors (Lipinski definition) is 6. The number of benzene rings is 1. The molecule has 7 nitrogen and oxygen atoms in total. The maximum atomic E-state index is 5.96. The summed E-state index contributed by atoms with van der Waals surface area (Å²) in [6, 6.07) is 11.1. The van der Waals surface area contributed by atoms with E-state index in [0.29, 0.717) is 17.3 Å². The number of rotatable bonds is 3. The third-order valence-corrected chi connectivity index (χ3v) is 3.84. The molecule has 0 saturated heterocycles. The van der Waals surface area contributed by atoms with Gasteiger partial charge in [-0.2, -0.15) is 4.52 Å². The SMILES string of the molecule is Cc1noc(C)c1-c1ccccc1Oc1ccc2nnc(Cl)n2n1. The van der Waals surface area contributed by atoms with Crippen molar-refractivity contribution in [2.75, 3.05) is 0 Å². The van der Waals surface area contributed by atoms with Crippen LogP contribution in [0.2, 0.25) is 5.28 Å². The van der Waals surface area contributed by atoms with Crippen molar-refractivity contribution < 1.29 is 9.26 Å². The molecule has 4 aromatic rings. The summed E-state index contributed by atoms with van der Waals surface area (Å²) in [5.74, 6) is 1.75. The molecule has 0 aliphatic rings. The predicted octanol–water partition coefficient (Wildman–Crippen LogP) is 3.84. The summed E-state index contributed by atoms with van der Waals surface area (Å²) < 4.78 is 12.6. The quantitative estimate of drug-likeness (QED) is 0.563. The van der Waals surface area contributed by atoms with Crippen molar-refractivity contribution in [2.24, 2.45) is 0 Å². The zero-order chi connectivity index (χ0) is 16.7. The van der Waals surface area contributed by atoms with Crippen LogP contribution in [0.25, 0.3) is 16.8 Å². The molecule has 0 bridgehead atoms. The molecule has 0 aliphatic carbocycles. The topological polar surface area (TPSA) is 78.3 Å². The van der Waals surface area contributed by atoms with E-state index in [0.717, 1.165) is 22.6 Å². The second kappa shape index (κ2) is 5.61. The minimum Gasteiger partial charge on any atom is -0.437 e. The summed E-state index contributed by atoms with van der Waals surface area (Å²) in [7, 11) is 0. The van der Waals surface area contributed by atoms with Crippen LogP contribution in [-0.2, 0) is 0 Å². The first kappa shape index (κ1) is 14.6. The standard InChI is InChI=1S/C16H12ClN5O2/c1-9-15(10(2)24-21-9)11-5-3-4-6-12(11)23-14-8-7-13-18-19-16(17)22(13)20-14/h3-8H,1-2H3. The van der Waals surface area contributed by atoms with E-state index >= 15 is 0 Å².